The van der Waals surface area contributed by atoms with E-state index in [-0.39, 0.29) is 10.6 Å². The fourth-order valence-corrected chi connectivity index (χ4v) is 1.87. The molecule has 0 spiro atoms. The van der Waals surface area contributed by atoms with Gasteiger partial charge in [-0.25, -0.2) is 4.79 Å². The lowest BCUT2D eigenvalue weighted by Gasteiger charge is -2.06. The van der Waals surface area contributed by atoms with E-state index in [4.69, 9.17) is 16.7 Å². The van der Waals surface area contributed by atoms with Gasteiger partial charge in [0.25, 0.3) is 0 Å². The molecule has 2 aromatic rings. The molecular weight excluding hydrogens is 266 g/mol. The zero-order chi connectivity index (χ0) is 13.8. The molecule has 0 radical (unpaired) electrons. The van der Waals surface area contributed by atoms with Gasteiger partial charge in [-0.15, -0.1) is 0 Å². The van der Waals surface area contributed by atoms with E-state index in [2.05, 4.69) is 10.4 Å². The maximum Gasteiger partial charge on any atom is 0.337 e. The van der Waals surface area contributed by atoms with Crippen LogP contribution in [-0.4, -0.2) is 20.9 Å². The zero-order valence-corrected chi connectivity index (χ0v) is 11.2. The molecule has 0 atom stereocenters. The molecule has 0 aliphatic rings. The Labute approximate surface area is 115 Å². The second-order valence-electron chi connectivity index (χ2n) is 4.06. The summed E-state index contributed by atoms with van der Waals surface area (Å²) in [7, 11) is 0. The predicted octanol–water partition coefficient (Wildman–Crippen LogP) is 2.87. The van der Waals surface area contributed by atoms with Gasteiger partial charge in [0.05, 0.1) is 16.8 Å². The summed E-state index contributed by atoms with van der Waals surface area (Å²) in [6.45, 7) is 3.42. The average Bonchev–Trinajstić information content (AvgIpc) is 2.85. The van der Waals surface area contributed by atoms with Crippen molar-refractivity contribution in [1.29, 1.82) is 0 Å². The van der Waals surface area contributed by atoms with Crippen molar-refractivity contribution in [2.75, 3.05) is 5.32 Å². The number of halogens is 1. The van der Waals surface area contributed by atoms with Crippen LogP contribution in [0.3, 0.4) is 0 Å². The Hall–Kier alpha value is -2.01. The molecule has 1 heterocycles. The van der Waals surface area contributed by atoms with Crippen LogP contribution in [0.15, 0.2) is 30.6 Å². The lowest BCUT2D eigenvalue weighted by molar-refractivity contribution is 0.0697. The van der Waals surface area contributed by atoms with Gasteiger partial charge in [-0.2, -0.15) is 5.10 Å². The molecule has 100 valence electrons. The molecule has 0 aliphatic heterocycles. The second-order valence-corrected chi connectivity index (χ2v) is 4.46. The minimum atomic E-state index is -1.03. The number of rotatable bonds is 5. The highest BCUT2D eigenvalue weighted by Crippen LogP contribution is 2.21. The molecular formula is C13H14ClN3O2. The predicted molar refractivity (Wildman–Crippen MR) is 73.6 cm³/mol. The van der Waals surface area contributed by atoms with Crippen LogP contribution < -0.4 is 5.32 Å². The first-order valence-electron chi connectivity index (χ1n) is 5.88. The van der Waals surface area contributed by atoms with E-state index in [0.29, 0.717) is 12.2 Å². The maximum atomic E-state index is 11.0. The summed E-state index contributed by atoms with van der Waals surface area (Å²) < 4.78 is 1.83. The number of carboxylic acids is 1. The van der Waals surface area contributed by atoms with Gasteiger partial charge in [0.1, 0.15) is 0 Å². The van der Waals surface area contributed by atoms with Crippen molar-refractivity contribution < 1.29 is 9.90 Å². The Balaban J connectivity index is 2.07. The Bertz CT molecular complexity index is 595. The van der Waals surface area contributed by atoms with Crippen LogP contribution in [0.25, 0.3) is 0 Å². The molecule has 0 bridgehead atoms. The number of aromatic nitrogens is 2. The third-order valence-electron chi connectivity index (χ3n) is 2.70. The lowest BCUT2D eigenvalue weighted by atomic mass is 10.2. The van der Waals surface area contributed by atoms with Crippen molar-refractivity contribution in [3.63, 3.8) is 0 Å². The van der Waals surface area contributed by atoms with Crippen LogP contribution in [0.2, 0.25) is 5.02 Å². The Kier molecular flexibility index (Phi) is 4.06. The Morgan fingerprint density at radius 1 is 1.53 bits per heavy atom. The number of hydrogen-bond acceptors (Lipinski definition) is 3. The lowest BCUT2D eigenvalue weighted by Crippen LogP contribution is -2.02. The first kappa shape index (κ1) is 13.4. The van der Waals surface area contributed by atoms with E-state index in [0.717, 1.165) is 12.1 Å². The average molecular weight is 280 g/mol. The summed E-state index contributed by atoms with van der Waals surface area (Å²) in [6.07, 6.45) is 3.73. The van der Waals surface area contributed by atoms with Crippen molar-refractivity contribution >= 4 is 23.3 Å². The van der Waals surface area contributed by atoms with Crippen LogP contribution >= 0.6 is 11.6 Å². The number of aromatic carboxylic acids is 1. The van der Waals surface area contributed by atoms with Crippen LogP contribution in [0.4, 0.5) is 5.69 Å². The number of carboxylic acid groups (broad SMARTS) is 1. The molecule has 0 aliphatic carbocycles. The molecule has 5 nitrogen and oxygen atoms in total. The zero-order valence-electron chi connectivity index (χ0n) is 10.4. The van der Waals surface area contributed by atoms with Gasteiger partial charge < -0.3 is 10.4 Å². The normalized spacial score (nSPS) is 10.4. The Morgan fingerprint density at radius 3 is 2.95 bits per heavy atom. The fourth-order valence-electron chi connectivity index (χ4n) is 1.67. The number of carbonyl (C=O) groups is 1. The standard InChI is InChI=1S/C13H14ClN3O2/c1-2-17-8-9(7-16-17)6-15-10-3-4-12(14)11(5-10)13(18)19/h3-5,7-8,15H,2,6H2,1H3,(H,18,19). The molecule has 1 aromatic carbocycles. The van der Waals surface area contributed by atoms with Crippen LogP contribution in [-0.2, 0) is 13.1 Å². The van der Waals surface area contributed by atoms with Gasteiger partial charge in [0.15, 0.2) is 0 Å². The number of hydrogen-bond donors (Lipinski definition) is 2. The van der Waals surface area contributed by atoms with Crippen molar-refractivity contribution in [3.8, 4) is 0 Å². The largest absolute Gasteiger partial charge is 0.478 e. The van der Waals surface area contributed by atoms with Gasteiger partial charge in [-0.3, -0.25) is 4.68 Å². The first-order valence-corrected chi connectivity index (χ1v) is 6.26. The smallest absolute Gasteiger partial charge is 0.337 e. The minimum absolute atomic E-state index is 0.0934. The van der Waals surface area contributed by atoms with Crippen molar-refractivity contribution in [1.82, 2.24) is 9.78 Å². The molecule has 0 fully saturated rings. The van der Waals surface area contributed by atoms with E-state index in [9.17, 15) is 4.79 Å². The van der Waals surface area contributed by atoms with Crippen molar-refractivity contribution in [2.24, 2.45) is 0 Å². The highest BCUT2D eigenvalue weighted by atomic mass is 35.5. The molecule has 1 aromatic heterocycles. The fraction of sp³-hybridized carbons (Fsp3) is 0.231. The number of nitrogens with zero attached hydrogens (tertiary/aromatic N) is 2. The summed E-state index contributed by atoms with van der Waals surface area (Å²) >= 11 is 5.81. The highest BCUT2D eigenvalue weighted by Gasteiger charge is 2.09. The number of anilines is 1. The van der Waals surface area contributed by atoms with Gasteiger partial charge in [-0.05, 0) is 25.1 Å². The minimum Gasteiger partial charge on any atom is -0.478 e. The number of benzene rings is 1. The second kappa shape index (κ2) is 5.75. The summed E-state index contributed by atoms with van der Waals surface area (Å²) in [5, 5.41) is 16.5. The van der Waals surface area contributed by atoms with E-state index >= 15 is 0 Å². The van der Waals surface area contributed by atoms with Crippen LogP contribution in [0, 0.1) is 0 Å². The molecule has 0 saturated carbocycles. The highest BCUT2D eigenvalue weighted by molar-refractivity contribution is 6.33. The van der Waals surface area contributed by atoms with Gasteiger partial charge in [0.2, 0.25) is 0 Å². The van der Waals surface area contributed by atoms with E-state index in [1.807, 2.05) is 17.8 Å². The number of aryl methyl sites for hydroxylation is 1. The maximum absolute atomic E-state index is 11.0. The summed E-state index contributed by atoms with van der Waals surface area (Å²) in [5.41, 5.74) is 1.84. The molecule has 0 amide bonds. The quantitative estimate of drug-likeness (QED) is 0.883. The summed E-state index contributed by atoms with van der Waals surface area (Å²) in [5.74, 6) is -1.03. The summed E-state index contributed by atoms with van der Waals surface area (Å²) in [6, 6.07) is 4.84. The van der Waals surface area contributed by atoms with Gasteiger partial charge in [-0.1, -0.05) is 11.6 Å². The van der Waals surface area contributed by atoms with E-state index in [1.54, 1.807) is 18.3 Å². The third-order valence-corrected chi connectivity index (χ3v) is 3.03. The van der Waals surface area contributed by atoms with Crippen LogP contribution in [0.5, 0.6) is 0 Å². The molecule has 19 heavy (non-hydrogen) atoms. The van der Waals surface area contributed by atoms with Crippen LogP contribution in [0.1, 0.15) is 22.8 Å². The number of nitrogens with one attached hydrogen (secondary N) is 1. The molecule has 6 heteroatoms. The topological polar surface area (TPSA) is 67.2 Å². The van der Waals surface area contributed by atoms with Crippen molar-refractivity contribution in [3.05, 3.63) is 46.7 Å². The van der Waals surface area contributed by atoms with Crippen molar-refractivity contribution in [2.45, 2.75) is 20.0 Å². The van der Waals surface area contributed by atoms with Gasteiger partial charge in [0, 0.05) is 30.5 Å². The monoisotopic (exact) mass is 279 g/mol. The summed E-state index contributed by atoms with van der Waals surface area (Å²) in [4.78, 5) is 11.0. The van der Waals surface area contributed by atoms with Gasteiger partial charge >= 0.3 is 5.97 Å². The molecule has 2 N–H and O–H groups in total. The first-order chi connectivity index (χ1) is 9.10. The molecule has 2 rings (SSSR count). The molecule has 0 saturated heterocycles. The molecule has 0 unspecified atom stereocenters. The van der Waals surface area contributed by atoms with E-state index in [1.165, 1.54) is 6.07 Å². The SMILES string of the molecule is CCn1cc(CNc2ccc(Cl)c(C(=O)O)c2)cn1. The third kappa shape index (κ3) is 3.26. The van der Waals surface area contributed by atoms with E-state index < -0.39 is 5.97 Å². The Morgan fingerprint density at radius 2 is 2.32 bits per heavy atom.